The second kappa shape index (κ2) is 11.5. The first-order valence-electron chi connectivity index (χ1n) is 11.4. The van der Waals surface area contributed by atoms with Gasteiger partial charge in [0, 0.05) is 23.7 Å². The number of rotatable bonds is 11. The van der Waals surface area contributed by atoms with E-state index in [9.17, 15) is 4.79 Å². The maximum atomic E-state index is 12.3. The van der Waals surface area contributed by atoms with E-state index < -0.39 is 0 Å². The first-order chi connectivity index (χ1) is 16.1. The lowest BCUT2D eigenvalue weighted by Crippen LogP contribution is -2.33. The van der Waals surface area contributed by atoms with Gasteiger partial charge in [-0.15, -0.1) is 21.5 Å². The molecule has 0 aliphatic heterocycles. The molecule has 0 bridgehead atoms. The normalized spacial score (nSPS) is 13.9. The van der Waals surface area contributed by atoms with Crippen molar-refractivity contribution < 1.29 is 9.53 Å². The second-order valence-corrected chi connectivity index (χ2v) is 9.68. The first kappa shape index (κ1) is 23.6. The largest absolute Gasteiger partial charge is 0.494 e. The Bertz CT molecular complexity index is 1040. The standard InChI is InChI=1S/C23H30N6O2S2/c1-3-29-20(27-28-23(29)33-15-21(30)24-16-7-5-6-8-16)13-18-14-32-22(26-18)25-17-9-11-19(12-10-17)31-4-2/h9-12,14,16H,3-8,13,15H2,1-2H3,(H,24,30)(H,25,26). The molecule has 0 unspecified atom stereocenters. The van der Waals surface area contributed by atoms with Gasteiger partial charge in [-0.2, -0.15) is 0 Å². The third-order valence-corrected chi connectivity index (χ3v) is 7.24. The van der Waals surface area contributed by atoms with Gasteiger partial charge in [-0.3, -0.25) is 4.79 Å². The summed E-state index contributed by atoms with van der Waals surface area (Å²) in [5.41, 5.74) is 1.90. The topological polar surface area (TPSA) is 94.0 Å². The SMILES string of the molecule is CCOc1ccc(Nc2nc(Cc3nnc(SCC(=O)NC4CCCC4)n3CC)cs2)cc1. The summed E-state index contributed by atoms with van der Waals surface area (Å²) in [7, 11) is 0. The predicted molar refractivity (Wildman–Crippen MR) is 133 cm³/mol. The molecule has 1 fully saturated rings. The maximum Gasteiger partial charge on any atom is 0.230 e. The van der Waals surface area contributed by atoms with Gasteiger partial charge in [-0.05, 0) is 51.0 Å². The van der Waals surface area contributed by atoms with Crippen molar-refractivity contribution >= 4 is 39.8 Å². The molecule has 1 aliphatic rings. The zero-order chi connectivity index (χ0) is 23.0. The molecule has 1 aromatic carbocycles. The lowest BCUT2D eigenvalue weighted by molar-refractivity contribution is -0.119. The van der Waals surface area contributed by atoms with Crippen LogP contribution in [0.4, 0.5) is 10.8 Å². The summed E-state index contributed by atoms with van der Waals surface area (Å²) in [6.07, 6.45) is 5.19. The van der Waals surface area contributed by atoms with Crippen LogP contribution in [-0.4, -0.2) is 44.1 Å². The molecule has 176 valence electrons. The van der Waals surface area contributed by atoms with Crippen molar-refractivity contribution in [1.29, 1.82) is 0 Å². The maximum absolute atomic E-state index is 12.3. The highest BCUT2D eigenvalue weighted by atomic mass is 32.2. The number of thiazole rings is 1. The molecule has 1 aliphatic carbocycles. The third-order valence-electron chi connectivity index (χ3n) is 5.47. The molecule has 8 nitrogen and oxygen atoms in total. The second-order valence-electron chi connectivity index (χ2n) is 7.88. The number of hydrogen-bond acceptors (Lipinski definition) is 8. The number of benzene rings is 1. The molecule has 1 amide bonds. The number of nitrogens with zero attached hydrogens (tertiary/aromatic N) is 4. The van der Waals surface area contributed by atoms with Gasteiger partial charge in [0.2, 0.25) is 5.91 Å². The van der Waals surface area contributed by atoms with Gasteiger partial charge < -0.3 is 19.9 Å². The van der Waals surface area contributed by atoms with Crippen LogP contribution in [0.5, 0.6) is 5.75 Å². The fourth-order valence-electron chi connectivity index (χ4n) is 3.88. The molecule has 2 aromatic heterocycles. The highest BCUT2D eigenvalue weighted by molar-refractivity contribution is 7.99. The van der Waals surface area contributed by atoms with E-state index in [1.165, 1.54) is 24.6 Å². The van der Waals surface area contributed by atoms with Crippen LogP contribution in [0.1, 0.15) is 51.0 Å². The van der Waals surface area contributed by atoms with E-state index in [4.69, 9.17) is 9.72 Å². The quantitative estimate of drug-likeness (QED) is 0.381. The molecule has 0 radical (unpaired) electrons. The number of thioether (sulfide) groups is 1. The molecule has 3 aromatic rings. The van der Waals surface area contributed by atoms with Crippen LogP contribution < -0.4 is 15.4 Å². The molecule has 4 rings (SSSR count). The van der Waals surface area contributed by atoms with Gasteiger partial charge in [-0.25, -0.2) is 4.98 Å². The number of nitrogens with one attached hydrogen (secondary N) is 2. The van der Waals surface area contributed by atoms with Gasteiger partial charge in [0.05, 0.1) is 24.5 Å². The third kappa shape index (κ3) is 6.48. The van der Waals surface area contributed by atoms with Crippen LogP contribution in [0.3, 0.4) is 0 Å². The Kier molecular flexibility index (Phi) is 8.22. The number of ether oxygens (including phenoxy) is 1. The monoisotopic (exact) mass is 486 g/mol. The van der Waals surface area contributed by atoms with Crippen molar-refractivity contribution in [2.45, 2.75) is 63.7 Å². The average molecular weight is 487 g/mol. The van der Waals surface area contributed by atoms with E-state index in [0.29, 0.717) is 24.8 Å². The molecular formula is C23H30N6O2S2. The predicted octanol–water partition coefficient (Wildman–Crippen LogP) is 4.64. The van der Waals surface area contributed by atoms with E-state index in [-0.39, 0.29) is 5.91 Å². The molecule has 1 saturated carbocycles. The number of hydrogen-bond donors (Lipinski definition) is 2. The molecule has 10 heteroatoms. The lowest BCUT2D eigenvalue weighted by Gasteiger charge is -2.11. The number of aromatic nitrogens is 4. The van der Waals surface area contributed by atoms with E-state index >= 15 is 0 Å². The highest BCUT2D eigenvalue weighted by Crippen LogP contribution is 2.25. The molecule has 2 heterocycles. The smallest absolute Gasteiger partial charge is 0.230 e. The van der Waals surface area contributed by atoms with Crippen molar-refractivity contribution in [3.05, 3.63) is 41.2 Å². The fourth-order valence-corrected chi connectivity index (χ4v) is 5.44. The minimum absolute atomic E-state index is 0.0728. The number of carbonyl (C=O) groups excluding carboxylic acids is 1. The van der Waals surface area contributed by atoms with Crippen molar-refractivity contribution in [3.8, 4) is 5.75 Å². The highest BCUT2D eigenvalue weighted by Gasteiger charge is 2.19. The van der Waals surface area contributed by atoms with Gasteiger partial charge in [0.25, 0.3) is 0 Å². The molecule has 0 saturated heterocycles. The number of amides is 1. The summed E-state index contributed by atoms with van der Waals surface area (Å²) in [5, 5.41) is 18.8. The van der Waals surface area contributed by atoms with Crippen LogP contribution in [0.2, 0.25) is 0 Å². The van der Waals surface area contributed by atoms with Crippen LogP contribution in [-0.2, 0) is 17.8 Å². The Labute approximate surface area is 202 Å². The van der Waals surface area contributed by atoms with Crippen molar-refractivity contribution in [1.82, 2.24) is 25.1 Å². The number of anilines is 2. The molecule has 33 heavy (non-hydrogen) atoms. The summed E-state index contributed by atoms with van der Waals surface area (Å²) >= 11 is 3.00. The molecule has 0 spiro atoms. The van der Waals surface area contributed by atoms with Gasteiger partial charge in [-0.1, -0.05) is 24.6 Å². The van der Waals surface area contributed by atoms with E-state index in [1.807, 2.05) is 36.6 Å². The van der Waals surface area contributed by atoms with Gasteiger partial charge in [0.15, 0.2) is 10.3 Å². The van der Waals surface area contributed by atoms with E-state index in [2.05, 4.69) is 32.3 Å². The van der Waals surface area contributed by atoms with E-state index in [0.717, 1.165) is 52.6 Å². The summed E-state index contributed by atoms with van der Waals surface area (Å²) in [5.74, 6) is 2.14. The molecule has 0 atom stereocenters. The minimum atomic E-state index is 0.0728. The number of carbonyl (C=O) groups is 1. The zero-order valence-electron chi connectivity index (χ0n) is 19.0. The van der Waals surface area contributed by atoms with E-state index in [1.54, 1.807) is 11.3 Å². The van der Waals surface area contributed by atoms with Gasteiger partial charge >= 0.3 is 0 Å². The van der Waals surface area contributed by atoms with Crippen LogP contribution >= 0.6 is 23.1 Å². The zero-order valence-corrected chi connectivity index (χ0v) is 20.7. The summed E-state index contributed by atoms with van der Waals surface area (Å²) < 4.78 is 7.55. The minimum Gasteiger partial charge on any atom is -0.494 e. The molecular weight excluding hydrogens is 456 g/mol. The average Bonchev–Trinajstić information content (AvgIpc) is 3.56. The summed E-state index contributed by atoms with van der Waals surface area (Å²) in [4.78, 5) is 17.0. The molecule has 2 N–H and O–H groups in total. The Balaban J connectivity index is 1.33. The Hall–Kier alpha value is -2.59. The fraction of sp³-hybridized carbons (Fsp3) is 0.478. The van der Waals surface area contributed by atoms with Crippen molar-refractivity contribution in [3.63, 3.8) is 0 Å². The van der Waals surface area contributed by atoms with Gasteiger partial charge in [0.1, 0.15) is 11.6 Å². The van der Waals surface area contributed by atoms with Crippen molar-refractivity contribution in [2.24, 2.45) is 0 Å². The summed E-state index contributed by atoms with van der Waals surface area (Å²) in [6.45, 7) is 5.43. The Morgan fingerprint density at radius 3 is 2.73 bits per heavy atom. The van der Waals surface area contributed by atoms with Crippen LogP contribution in [0.25, 0.3) is 0 Å². The van der Waals surface area contributed by atoms with Crippen LogP contribution in [0, 0.1) is 0 Å². The lowest BCUT2D eigenvalue weighted by atomic mass is 10.2. The Morgan fingerprint density at radius 1 is 1.21 bits per heavy atom. The Morgan fingerprint density at radius 2 is 2.00 bits per heavy atom. The summed E-state index contributed by atoms with van der Waals surface area (Å²) in [6, 6.07) is 8.18. The van der Waals surface area contributed by atoms with Crippen LogP contribution in [0.15, 0.2) is 34.8 Å². The first-order valence-corrected chi connectivity index (χ1v) is 13.3. The van der Waals surface area contributed by atoms with Crippen molar-refractivity contribution in [2.75, 3.05) is 17.7 Å².